The largest absolute Gasteiger partial charge is 0.493 e. The van der Waals surface area contributed by atoms with Gasteiger partial charge in [-0.05, 0) is 35.2 Å². The van der Waals surface area contributed by atoms with Gasteiger partial charge in [0.15, 0.2) is 29.1 Å². The molecule has 0 N–H and O–H groups in total. The van der Waals surface area contributed by atoms with Crippen LogP contribution < -0.4 is 23.7 Å². The van der Waals surface area contributed by atoms with E-state index in [2.05, 4.69) is 6.26 Å². The molecule has 1 aliphatic heterocycles. The van der Waals surface area contributed by atoms with Crippen LogP contribution in [0.3, 0.4) is 0 Å². The van der Waals surface area contributed by atoms with Crippen LogP contribution in [-0.4, -0.2) is 51.3 Å². The molecule has 0 aromatic heterocycles. The Morgan fingerprint density at radius 1 is 1.00 bits per heavy atom. The van der Waals surface area contributed by atoms with Gasteiger partial charge >= 0.3 is 0 Å². The van der Waals surface area contributed by atoms with E-state index in [0.717, 1.165) is 23.0 Å². The minimum Gasteiger partial charge on any atom is -0.493 e. The fourth-order valence-corrected chi connectivity index (χ4v) is 4.12. The minimum atomic E-state index is 0.0824. The highest BCUT2D eigenvalue weighted by Crippen LogP contribution is 2.36. The Labute approximate surface area is 157 Å². The maximum atomic E-state index is 6.04. The van der Waals surface area contributed by atoms with Crippen molar-refractivity contribution in [2.45, 2.75) is 6.10 Å². The average Bonchev–Trinajstić information content (AvgIpc) is 2.67. The van der Waals surface area contributed by atoms with E-state index < -0.39 is 0 Å². The molecule has 0 bridgehead atoms. The van der Waals surface area contributed by atoms with E-state index >= 15 is 0 Å². The van der Waals surface area contributed by atoms with Gasteiger partial charge < -0.3 is 23.7 Å². The highest BCUT2D eigenvalue weighted by molar-refractivity contribution is 7.96. The van der Waals surface area contributed by atoms with Gasteiger partial charge in [-0.2, -0.15) is 0 Å². The van der Waals surface area contributed by atoms with Crippen molar-refractivity contribution in [1.29, 1.82) is 0 Å². The van der Waals surface area contributed by atoms with Crippen LogP contribution in [0.25, 0.3) is 0 Å². The molecular formula is C20H25O5S+. The number of methoxy groups -OCH3 is 2. The summed E-state index contributed by atoms with van der Waals surface area (Å²) in [6.45, 7) is 1.19. The molecular weight excluding hydrogens is 352 g/mol. The van der Waals surface area contributed by atoms with Crippen LogP contribution in [0.15, 0.2) is 42.5 Å². The van der Waals surface area contributed by atoms with Crippen molar-refractivity contribution in [2.75, 3.05) is 45.2 Å². The number of rotatable bonds is 8. The van der Waals surface area contributed by atoms with Gasteiger partial charge in [-0.25, -0.2) is 0 Å². The fourth-order valence-electron chi connectivity index (χ4n) is 2.79. The van der Waals surface area contributed by atoms with Crippen molar-refractivity contribution in [3.63, 3.8) is 0 Å². The Hall–Kier alpha value is -2.21. The second-order valence-electron chi connectivity index (χ2n) is 5.99. The standard InChI is InChI=1S/C20H25O5S/c1-21-18-9-6-10-19(22-2)20(18)23-11-12-26(3)14-15-13-24-16-7-4-5-8-17(16)25-15/h4-10,15H,11-14H2,1-3H3/q+1. The summed E-state index contributed by atoms with van der Waals surface area (Å²) >= 11 is 0. The number of hydrogen-bond acceptors (Lipinski definition) is 5. The van der Waals surface area contributed by atoms with Gasteiger partial charge in [0, 0.05) is 0 Å². The highest BCUT2D eigenvalue weighted by atomic mass is 32.2. The van der Waals surface area contributed by atoms with Crippen LogP contribution in [0.1, 0.15) is 0 Å². The molecule has 0 spiro atoms. The van der Waals surface area contributed by atoms with E-state index in [0.29, 0.717) is 30.5 Å². The van der Waals surface area contributed by atoms with Crippen molar-refractivity contribution >= 4 is 10.9 Å². The van der Waals surface area contributed by atoms with Crippen LogP contribution in [0, 0.1) is 0 Å². The van der Waals surface area contributed by atoms with Crippen molar-refractivity contribution in [2.24, 2.45) is 0 Å². The zero-order valence-corrected chi connectivity index (χ0v) is 16.2. The molecule has 1 aliphatic rings. The van der Waals surface area contributed by atoms with E-state index in [1.165, 1.54) is 0 Å². The summed E-state index contributed by atoms with van der Waals surface area (Å²) in [4.78, 5) is 0. The average molecular weight is 377 g/mol. The van der Waals surface area contributed by atoms with Crippen molar-refractivity contribution in [3.8, 4) is 28.7 Å². The molecule has 0 fully saturated rings. The summed E-state index contributed by atoms with van der Waals surface area (Å²) in [5.41, 5.74) is 0. The monoisotopic (exact) mass is 377 g/mol. The molecule has 0 aliphatic carbocycles. The molecule has 2 unspecified atom stereocenters. The zero-order valence-electron chi connectivity index (χ0n) is 15.4. The third kappa shape index (κ3) is 4.49. The second-order valence-corrected chi connectivity index (χ2v) is 8.29. The molecule has 2 atom stereocenters. The quantitative estimate of drug-likeness (QED) is 0.661. The van der Waals surface area contributed by atoms with Crippen molar-refractivity contribution in [1.82, 2.24) is 0 Å². The lowest BCUT2D eigenvalue weighted by molar-refractivity contribution is 0.107. The van der Waals surface area contributed by atoms with Gasteiger partial charge in [0.25, 0.3) is 0 Å². The molecule has 0 amide bonds. The lowest BCUT2D eigenvalue weighted by atomic mass is 10.3. The highest BCUT2D eigenvalue weighted by Gasteiger charge is 2.27. The van der Waals surface area contributed by atoms with Crippen molar-refractivity contribution in [3.05, 3.63) is 42.5 Å². The topological polar surface area (TPSA) is 46.2 Å². The number of para-hydroxylation sites is 3. The van der Waals surface area contributed by atoms with E-state index in [9.17, 15) is 0 Å². The Morgan fingerprint density at radius 3 is 2.38 bits per heavy atom. The van der Waals surface area contributed by atoms with Crippen LogP contribution in [0.5, 0.6) is 28.7 Å². The molecule has 0 radical (unpaired) electrons. The molecule has 2 aromatic carbocycles. The predicted molar refractivity (Wildman–Crippen MR) is 104 cm³/mol. The number of ether oxygens (including phenoxy) is 5. The van der Waals surface area contributed by atoms with E-state index in [4.69, 9.17) is 23.7 Å². The summed E-state index contributed by atoms with van der Waals surface area (Å²) in [6.07, 6.45) is 2.31. The zero-order chi connectivity index (χ0) is 18.4. The molecule has 6 heteroatoms. The maximum absolute atomic E-state index is 6.04. The number of benzene rings is 2. The van der Waals surface area contributed by atoms with Gasteiger partial charge in [0.1, 0.15) is 24.7 Å². The Bertz CT molecular complexity index is 699. The molecule has 0 saturated heterocycles. The first-order valence-electron chi connectivity index (χ1n) is 8.52. The SMILES string of the molecule is COc1cccc(OC)c1OCC[S+](C)CC1COc2ccccc2O1. The van der Waals surface area contributed by atoms with Gasteiger partial charge in [0.2, 0.25) is 5.75 Å². The van der Waals surface area contributed by atoms with Crippen LogP contribution >= 0.6 is 0 Å². The first kappa shape index (κ1) is 18.6. The summed E-state index contributed by atoms with van der Waals surface area (Å²) in [5.74, 6) is 5.55. The minimum absolute atomic E-state index is 0.0824. The maximum Gasteiger partial charge on any atom is 0.203 e. The molecule has 26 heavy (non-hydrogen) atoms. The normalized spacial score (nSPS) is 16.7. The lowest BCUT2D eigenvalue weighted by Gasteiger charge is -2.25. The van der Waals surface area contributed by atoms with E-state index in [1.54, 1.807) is 14.2 Å². The van der Waals surface area contributed by atoms with Crippen LogP contribution in [0.2, 0.25) is 0 Å². The van der Waals surface area contributed by atoms with Gasteiger partial charge in [-0.1, -0.05) is 18.2 Å². The van der Waals surface area contributed by atoms with Gasteiger partial charge in [0.05, 0.1) is 20.5 Å². The molecule has 2 aromatic rings. The van der Waals surface area contributed by atoms with Crippen LogP contribution in [-0.2, 0) is 10.9 Å². The third-order valence-corrected chi connectivity index (χ3v) is 5.90. The fraction of sp³-hybridized carbons (Fsp3) is 0.400. The Kier molecular flexibility index (Phi) is 6.39. The van der Waals surface area contributed by atoms with Gasteiger partial charge in [-0.15, -0.1) is 0 Å². The molecule has 5 nitrogen and oxygen atoms in total. The molecule has 1 heterocycles. The van der Waals surface area contributed by atoms with Crippen molar-refractivity contribution < 1.29 is 23.7 Å². The molecule has 0 saturated carbocycles. The first-order chi connectivity index (χ1) is 12.7. The smallest absolute Gasteiger partial charge is 0.203 e. The first-order valence-corrected chi connectivity index (χ1v) is 10.5. The third-order valence-electron chi connectivity index (χ3n) is 4.10. The summed E-state index contributed by atoms with van der Waals surface area (Å²) in [5, 5.41) is 0. The molecule has 140 valence electrons. The van der Waals surface area contributed by atoms with E-state index in [-0.39, 0.29) is 17.0 Å². The lowest BCUT2D eigenvalue weighted by Crippen LogP contribution is -2.36. The Balaban J connectivity index is 1.49. The number of fused-ring (bicyclic) bond motifs is 1. The summed E-state index contributed by atoms with van der Waals surface area (Å²) in [6, 6.07) is 13.4. The van der Waals surface area contributed by atoms with Crippen LogP contribution in [0.4, 0.5) is 0 Å². The second kappa shape index (κ2) is 8.94. The Morgan fingerprint density at radius 2 is 1.69 bits per heavy atom. The molecule has 3 rings (SSSR count). The number of hydrogen-bond donors (Lipinski definition) is 0. The summed E-state index contributed by atoms with van der Waals surface area (Å²) < 4.78 is 28.5. The van der Waals surface area contributed by atoms with E-state index in [1.807, 2.05) is 42.5 Å². The van der Waals surface area contributed by atoms with Gasteiger partial charge in [-0.3, -0.25) is 0 Å². The summed E-state index contributed by atoms with van der Waals surface area (Å²) in [7, 11) is 3.41. The predicted octanol–water partition coefficient (Wildman–Crippen LogP) is 3.17.